The lowest BCUT2D eigenvalue weighted by Crippen LogP contribution is -2.45. The molecule has 1 aromatic heterocycles. The van der Waals surface area contributed by atoms with Crippen LogP contribution in [0, 0.1) is 5.82 Å². The SMILES string of the molecule is NS(=O)(=O)c1ccc(-n2nc(CN3CCN(C=O)CC3)nc2Cc2ccccc2)c(F)c1. The van der Waals surface area contributed by atoms with E-state index >= 15 is 0 Å². The molecule has 0 atom stereocenters. The first kappa shape index (κ1) is 22.1. The summed E-state index contributed by atoms with van der Waals surface area (Å²) < 4.78 is 39.4. The number of nitrogens with two attached hydrogens (primary N) is 1. The van der Waals surface area contributed by atoms with Gasteiger partial charge in [0.15, 0.2) is 5.82 Å². The lowest BCUT2D eigenvalue weighted by molar-refractivity contribution is -0.119. The number of benzene rings is 2. The van der Waals surface area contributed by atoms with Crippen molar-refractivity contribution in [1.29, 1.82) is 0 Å². The van der Waals surface area contributed by atoms with Crippen LogP contribution in [-0.2, 0) is 27.8 Å². The largest absolute Gasteiger partial charge is 0.343 e. The van der Waals surface area contributed by atoms with Crippen LogP contribution in [0.1, 0.15) is 17.2 Å². The highest BCUT2D eigenvalue weighted by molar-refractivity contribution is 7.89. The molecule has 2 heterocycles. The molecule has 4 rings (SSSR count). The molecule has 2 N–H and O–H groups in total. The van der Waals surface area contributed by atoms with E-state index in [2.05, 4.69) is 15.0 Å². The van der Waals surface area contributed by atoms with Crippen LogP contribution in [0.2, 0.25) is 0 Å². The lowest BCUT2D eigenvalue weighted by Gasteiger charge is -2.31. The van der Waals surface area contributed by atoms with Crippen LogP contribution in [0.25, 0.3) is 5.69 Å². The van der Waals surface area contributed by atoms with E-state index in [1.807, 2.05) is 30.3 Å². The van der Waals surface area contributed by atoms with Gasteiger partial charge in [-0.25, -0.2) is 27.6 Å². The Bertz CT molecular complexity index is 1210. The number of sulfonamides is 1. The summed E-state index contributed by atoms with van der Waals surface area (Å²) in [7, 11) is -4.02. The smallest absolute Gasteiger partial charge is 0.238 e. The number of aromatic nitrogens is 3. The molecule has 1 aliphatic heterocycles. The molecule has 168 valence electrons. The van der Waals surface area contributed by atoms with E-state index in [0.29, 0.717) is 50.8 Å². The van der Waals surface area contributed by atoms with Crippen LogP contribution in [-0.4, -0.2) is 65.6 Å². The van der Waals surface area contributed by atoms with E-state index in [1.165, 1.54) is 16.8 Å². The molecule has 11 heteroatoms. The van der Waals surface area contributed by atoms with E-state index in [9.17, 15) is 17.6 Å². The number of nitrogens with zero attached hydrogens (tertiary/aromatic N) is 5. The van der Waals surface area contributed by atoms with Crippen molar-refractivity contribution < 1.29 is 17.6 Å². The third-order valence-corrected chi connectivity index (χ3v) is 6.23. The molecule has 1 aliphatic rings. The van der Waals surface area contributed by atoms with Gasteiger partial charge in [0.25, 0.3) is 0 Å². The number of carbonyl (C=O) groups is 1. The average Bonchev–Trinajstić information content (AvgIpc) is 3.16. The van der Waals surface area contributed by atoms with E-state index in [0.717, 1.165) is 18.0 Å². The van der Waals surface area contributed by atoms with Crippen molar-refractivity contribution >= 4 is 16.4 Å². The van der Waals surface area contributed by atoms with Gasteiger partial charge in [0.05, 0.1) is 11.4 Å². The third kappa shape index (κ3) is 5.01. The van der Waals surface area contributed by atoms with Crippen molar-refractivity contribution in [2.45, 2.75) is 17.9 Å². The van der Waals surface area contributed by atoms with Crippen LogP contribution in [0.5, 0.6) is 0 Å². The molecule has 0 unspecified atom stereocenters. The number of hydrogen-bond donors (Lipinski definition) is 1. The van der Waals surface area contributed by atoms with Crippen LogP contribution in [0.4, 0.5) is 4.39 Å². The Kier molecular flexibility index (Phi) is 6.31. The third-order valence-electron chi connectivity index (χ3n) is 5.32. The molecule has 1 fully saturated rings. The van der Waals surface area contributed by atoms with Gasteiger partial charge in [-0.05, 0) is 23.8 Å². The molecule has 1 saturated heterocycles. The van der Waals surface area contributed by atoms with Gasteiger partial charge in [0.1, 0.15) is 17.3 Å². The first-order chi connectivity index (χ1) is 15.3. The highest BCUT2D eigenvalue weighted by atomic mass is 32.2. The highest BCUT2D eigenvalue weighted by Crippen LogP contribution is 2.20. The summed E-state index contributed by atoms with van der Waals surface area (Å²) in [6.07, 6.45) is 1.26. The predicted molar refractivity (Wildman–Crippen MR) is 115 cm³/mol. The maximum Gasteiger partial charge on any atom is 0.238 e. The molecule has 2 aromatic carbocycles. The van der Waals surface area contributed by atoms with Crippen molar-refractivity contribution in [2.75, 3.05) is 26.2 Å². The molecule has 32 heavy (non-hydrogen) atoms. The maximum atomic E-state index is 14.9. The second-order valence-corrected chi connectivity index (χ2v) is 9.16. The van der Waals surface area contributed by atoms with Crippen LogP contribution in [0.3, 0.4) is 0 Å². The zero-order valence-corrected chi connectivity index (χ0v) is 18.1. The highest BCUT2D eigenvalue weighted by Gasteiger charge is 2.21. The molecule has 1 amide bonds. The Morgan fingerprint density at radius 2 is 1.78 bits per heavy atom. The van der Waals surface area contributed by atoms with Crippen LogP contribution >= 0.6 is 0 Å². The van der Waals surface area contributed by atoms with Gasteiger partial charge >= 0.3 is 0 Å². The molecule has 0 bridgehead atoms. The van der Waals surface area contributed by atoms with Crippen molar-refractivity contribution in [1.82, 2.24) is 24.6 Å². The Morgan fingerprint density at radius 1 is 1.06 bits per heavy atom. The monoisotopic (exact) mass is 458 g/mol. The van der Waals surface area contributed by atoms with Gasteiger partial charge < -0.3 is 4.90 Å². The quantitative estimate of drug-likeness (QED) is 0.527. The molecule has 0 aliphatic carbocycles. The number of hydrogen-bond acceptors (Lipinski definition) is 6. The van der Waals surface area contributed by atoms with Crippen molar-refractivity contribution in [3.8, 4) is 5.69 Å². The number of amides is 1. The van der Waals surface area contributed by atoms with E-state index in [-0.39, 0.29) is 10.6 Å². The minimum Gasteiger partial charge on any atom is -0.343 e. The molecule has 0 radical (unpaired) electrons. The summed E-state index contributed by atoms with van der Waals surface area (Å²) >= 11 is 0. The minimum atomic E-state index is -4.02. The summed E-state index contributed by atoms with van der Waals surface area (Å²) in [5.41, 5.74) is 1.07. The fourth-order valence-electron chi connectivity index (χ4n) is 3.61. The summed E-state index contributed by atoms with van der Waals surface area (Å²) in [4.78, 5) is 19.1. The van der Waals surface area contributed by atoms with E-state index in [1.54, 1.807) is 4.90 Å². The zero-order valence-electron chi connectivity index (χ0n) is 17.3. The standard InChI is InChI=1S/C21H23FN6O3S/c22-18-13-17(32(23,30)31)6-7-19(18)28-21(12-16-4-2-1-3-5-16)24-20(25-28)14-26-8-10-27(15-29)11-9-26/h1-7,13,15H,8-12,14H2,(H2,23,30,31). The number of halogens is 1. The molecule has 0 saturated carbocycles. The molecule has 0 spiro atoms. The number of primary sulfonamides is 1. The van der Waals surface area contributed by atoms with E-state index in [4.69, 9.17) is 5.14 Å². The Labute approximate surface area is 185 Å². The van der Waals surface area contributed by atoms with E-state index < -0.39 is 15.8 Å². The van der Waals surface area contributed by atoms with Crippen LogP contribution in [0.15, 0.2) is 53.4 Å². The fourth-order valence-corrected chi connectivity index (χ4v) is 4.13. The summed E-state index contributed by atoms with van der Waals surface area (Å²) in [6.45, 7) is 3.10. The molecular formula is C21H23FN6O3S. The lowest BCUT2D eigenvalue weighted by atomic mass is 10.1. The summed E-state index contributed by atoms with van der Waals surface area (Å²) in [5, 5.41) is 9.64. The second kappa shape index (κ2) is 9.15. The Balaban J connectivity index is 1.66. The number of rotatable bonds is 7. The zero-order chi connectivity index (χ0) is 22.7. The van der Waals surface area contributed by atoms with Gasteiger partial charge in [-0.3, -0.25) is 9.69 Å². The average molecular weight is 459 g/mol. The molecular weight excluding hydrogens is 435 g/mol. The number of carbonyl (C=O) groups excluding carboxylic acids is 1. The van der Waals surface area contributed by atoms with Crippen molar-refractivity contribution in [3.63, 3.8) is 0 Å². The number of piperazine rings is 1. The summed E-state index contributed by atoms with van der Waals surface area (Å²) in [5.74, 6) is 0.285. The van der Waals surface area contributed by atoms with Crippen molar-refractivity contribution in [2.24, 2.45) is 5.14 Å². The molecule has 9 nitrogen and oxygen atoms in total. The molecule has 3 aromatic rings. The van der Waals surface area contributed by atoms with Crippen molar-refractivity contribution in [3.05, 3.63) is 71.6 Å². The predicted octanol–water partition coefficient (Wildman–Crippen LogP) is 0.919. The first-order valence-corrected chi connectivity index (χ1v) is 11.6. The van der Waals surface area contributed by atoms with Gasteiger partial charge in [0, 0.05) is 32.6 Å². The van der Waals surface area contributed by atoms with Gasteiger partial charge in [0.2, 0.25) is 16.4 Å². The summed E-state index contributed by atoms with van der Waals surface area (Å²) in [6, 6.07) is 13.1. The normalized spacial score (nSPS) is 15.1. The van der Waals surface area contributed by atoms with Gasteiger partial charge in [-0.1, -0.05) is 30.3 Å². The first-order valence-electron chi connectivity index (χ1n) is 10.1. The fraction of sp³-hybridized carbons (Fsp3) is 0.286. The van der Waals surface area contributed by atoms with Gasteiger partial charge in [-0.15, -0.1) is 5.10 Å². The maximum absolute atomic E-state index is 14.9. The minimum absolute atomic E-state index is 0.0906. The topological polar surface area (TPSA) is 114 Å². The second-order valence-electron chi connectivity index (χ2n) is 7.59. The Hall–Kier alpha value is -3.15. The van der Waals surface area contributed by atoms with Gasteiger partial charge in [-0.2, -0.15) is 0 Å². The van der Waals surface area contributed by atoms with Crippen LogP contribution < -0.4 is 5.14 Å². The Morgan fingerprint density at radius 3 is 2.41 bits per heavy atom.